The van der Waals surface area contributed by atoms with Crippen LogP contribution >= 0.6 is 0 Å². The predicted octanol–water partition coefficient (Wildman–Crippen LogP) is 2.26. The van der Waals surface area contributed by atoms with Crippen LogP contribution in [-0.2, 0) is 11.3 Å². The Morgan fingerprint density at radius 2 is 1.90 bits per heavy atom. The number of carbonyl (C=O) groups excluding carboxylic acids is 1. The van der Waals surface area contributed by atoms with Gasteiger partial charge in [-0.3, -0.25) is 9.69 Å². The minimum Gasteiger partial charge on any atom is -0.395 e. The average molecular weight is 293 g/mol. The van der Waals surface area contributed by atoms with Gasteiger partial charge in [0, 0.05) is 32.3 Å². The molecule has 4 nitrogen and oxygen atoms in total. The molecule has 4 heteroatoms. The van der Waals surface area contributed by atoms with E-state index in [1.807, 2.05) is 13.8 Å². The van der Waals surface area contributed by atoms with E-state index in [-0.39, 0.29) is 12.4 Å². The second-order valence-corrected chi connectivity index (χ2v) is 5.54. The van der Waals surface area contributed by atoms with E-state index in [0.717, 1.165) is 29.8 Å². The van der Waals surface area contributed by atoms with Crippen molar-refractivity contribution in [3.05, 3.63) is 33.9 Å². The van der Waals surface area contributed by atoms with Gasteiger partial charge in [-0.15, -0.1) is 0 Å². The van der Waals surface area contributed by atoms with Gasteiger partial charge in [-0.1, -0.05) is 6.07 Å². The molecule has 1 rings (SSSR count). The van der Waals surface area contributed by atoms with E-state index in [9.17, 15) is 9.90 Å². The molecule has 1 aromatic carbocycles. The van der Waals surface area contributed by atoms with Crippen LogP contribution in [0.4, 0.5) is 0 Å². The van der Waals surface area contributed by atoms with Gasteiger partial charge in [-0.2, -0.15) is 0 Å². The smallest absolute Gasteiger partial charge is 0.160 e. The van der Waals surface area contributed by atoms with Gasteiger partial charge in [0.05, 0.1) is 13.2 Å². The number of aryl methyl sites for hydroxylation is 2. The highest BCUT2D eigenvalue weighted by molar-refractivity contribution is 5.97. The average Bonchev–Trinajstić information content (AvgIpc) is 2.39. The van der Waals surface area contributed by atoms with E-state index in [4.69, 9.17) is 4.74 Å². The van der Waals surface area contributed by atoms with Gasteiger partial charge in [0.25, 0.3) is 0 Å². The summed E-state index contributed by atoms with van der Waals surface area (Å²) in [5.41, 5.74) is 5.28. The summed E-state index contributed by atoms with van der Waals surface area (Å²) in [6.45, 7) is 10.5. The highest BCUT2D eigenvalue weighted by Crippen LogP contribution is 2.24. The van der Waals surface area contributed by atoms with E-state index >= 15 is 0 Å². The van der Waals surface area contributed by atoms with Crippen molar-refractivity contribution in [3.8, 4) is 0 Å². The SMILES string of the molecule is COCCN(CCO)Cc1c(C)cc(C)c(C(C)=O)c1C. The summed E-state index contributed by atoms with van der Waals surface area (Å²) in [5, 5.41) is 9.20. The summed E-state index contributed by atoms with van der Waals surface area (Å²) in [7, 11) is 1.67. The maximum Gasteiger partial charge on any atom is 0.160 e. The Labute approximate surface area is 127 Å². The number of benzene rings is 1. The van der Waals surface area contributed by atoms with Crippen LogP contribution in [-0.4, -0.2) is 49.2 Å². The summed E-state index contributed by atoms with van der Waals surface area (Å²) in [5.74, 6) is 0.108. The summed E-state index contributed by atoms with van der Waals surface area (Å²) in [4.78, 5) is 14.0. The summed E-state index contributed by atoms with van der Waals surface area (Å²) in [6.07, 6.45) is 0. The minimum absolute atomic E-state index is 0.108. The van der Waals surface area contributed by atoms with Crippen LogP contribution in [0, 0.1) is 20.8 Å². The molecule has 0 aliphatic rings. The third kappa shape index (κ3) is 4.63. The fourth-order valence-corrected chi connectivity index (χ4v) is 2.87. The topological polar surface area (TPSA) is 49.8 Å². The third-order valence-electron chi connectivity index (χ3n) is 3.89. The Morgan fingerprint density at radius 3 is 2.43 bits per heavy atom. The first-order valence-electron chi connectivity index (χ1n) is 7.35. The zero-order chi connectivity index (χ0) is 16.0. The third-order valence-corrected chi connectivity index (χ3v) is 3.89. The number of carbonyl (C=O) groups is 1. The van der Waals surface area contributed by atoms with Crippen LogP contribution in [0.15, 0.2) is 6.07 Å². The predicted molar refractivity (Wildman–Crippen MR) is 84.9 cm³/mol. The van der Waals surface area contributed by atoms with Crippen LogP contribution in [0.3, 0.4) is 0 Å². The maximum atomic E-state index is 11.9. The Bertz CT molecular complexity index is 497. The quantitative estimate of drug-likeness (QED) is 0.747. The number of hydrogen-bond acceptors (Lipinski definition) is 4. The molecule has 0 amide bonds. The van der Waals surface area contributed by atoms with Crippen LogP contribution in [0.1, 0.15) is 39.5 Å². The number of nitrogens with zero attached hydrogens (tertiary/aromatic N) is 1. The number of Topliss-reactive ketones (excluding diaryl/α,β-unsaturated/α-hetero) is 1. The molecule has 0 saturated carbocycles. The molecule has 0 spiro atoms. The second kappa shape index (κ2) is 8.27. The van der Waals surface area contributed by atoms with Gasteiger partial charge in [0.15, 0.2) is 5.78 Å². The van der Waals surface area contributed by atoms with Crippen molar-refractivity contribution in [2.45, 2.75) is 34.2 Å². The van der Waals surface area contributed by atoms with Crippen molar-refractivity contribution >= 4 is 5.78 Å². The van der Waals surface area contributed by atoms with Gasteiger partial charge >= 0.3 is 0 Å². The Hall–Kier alpha value is -1.23. The van der Waals surface area contributed by atoms with E-state index in [1.165, 1.54) is 11.1 Å². The molecule has 0 radical (unpaired) electrons. The van der Waals surface area contributed by atoms with Gasteiger partial charge < -0.3 is 9.84 Å². The molecule has 1 aromatic rings. The highest BCUT2D eigenvalue weighted by atomic mass is 16.5. The maximum absolute atomic E-state index is 11.9. The number of rotatable bonds is 8. The van der Waals surface area contributed by atoms with E-state index in [1.54, 1.807) is 14.0 Å². The molecule has 0 heterocycles. The summed E-state index contributed by atoms with van der Waals surface area (Å²) in [6, 6.07) is 2.08. The molecule has 0 saturated heterocycles. The van der Waals surface area contributed by atoms with E-state index in [0.29, 0.717) is 13.2 Å². The standard InChI is InChI=1S/C17H27NO3/c1-12-10-13(2)17(15(4)20)14(3)16(12)11-18(6-8-19)7-9-21-5/h10,19H,6-9,11H2,1-5H3. The summed E-state index contributed by atoms with van der Waals surface area (Å²) >= 11 is 0. The van der Waals surface area contributed by atoms with E-state index < -0.39 is 0 Å². The number of methoxy groups -OCH3 is 1. The molecule has 0 bridgehead atoms. The molecule has 0 aliphatic carbocycles. The normalized spacial score (nSPS) is 11.2. The Balaban J connectivity index is 3.10. The first kappa shape index (κ1) is 17.8. The lowest BCUT2D eigenvalue weighted by molar-refractivity contribution is 0.101. The minimum atomic E-state index is 0.108. The van der Waals surface area contributed by atoms with Crippen molar-refractivity contribution in [2.24, 2.45) is 0 Å². The molecule has 0 unspecified atom stereocenters. The molecule has 118 valence electrons. The largest absolute Gasteiger partial charge is 0.395 e. The summed E-state index contributed by atoms with van der Waals surface area (Å²) < 4.78 is 5.12. The highest BCUT2D eigenvalue weighted by Gasteiger charge is 2.16. The van der Waals surface area contributed by atoms with Crippen LogP contribution < -0.4 is 0 Å². The second-order valence-electron chi connectivity index (χ2n) is 5.54. The molecule has 1 N–H and O–H groups in total. The molecule has 0 fully saturated rings. The molecule has 0 aliphatic heterocycles. The van der Waals surface area contributed by atoms with E-state index in [2.05, 4.69) is 17.9 Å². The fourth-order valence-electron chi connectivity index (χ4n) is 2.87. The lowest BCUT2D eigenvalue weighted by Crippen LogP contribution is -2.30. The van der Waals surface area contributed by atoms with Crippen LogP contribution in [0.2, 0.25) is 0 Å². The molecular weight excluding hydrogens is 266 g/mol. The van der Waals surface area contributed by atoms with Gasteiger partial charge in [0.1, 0.15) is 0 Å². The molecule has 0 atom stereocenters. The number of aliphatic hydroxyl groups is 1. The van der Waals surface area contributed by atoms with Crippen molar-refractivity contribution in [2.75, 3.05) is 33.4 Å². The zero-order valence-corrected chi connectivity index (χ0v) is 13.8. The monoisotopic (exact) mass is 293 g/mol. The van der Waals surface area contributed by atoms with Crippen LogP contribution in [0.5, 0.6) is 0 Å². The van der Waals surface area contributed by atoms with Gasteiger partial charge in [0.2, 0.25) is 0 Å². The number of aliphatic hydroxyl groups excluding tert-OH is 1. The zero-order valence-electron chi connectivity index (χ0n) is 13.8. The number of ketones is 1. The van der Waals surface area contributed by atoms with Gasteiger partial charge in [-0.05, 0) is 49.9 Å². The Kier molecular flexibility index (Phi) is 7.02. The number of hydrogen-bond donors (Lipinski definition) is 1. The lowest BCUT2D eigenvalue weighted by Gasteiger charge is -2.24. The molecule has 21 heavy (non-hydrogen) atoms. The van der Waals surface area contributed by atoms with Crippen molar-refractivity contribution < 1.29 is 14.6 Å². The van der Waals surface area contributed by atoms with Crippen LogP contribution in [0.25, 0.3) is 0 Å². The fraction of sp³-hybridized carbons (Fsp3) is 0.588. The van der Waals surface area contributed by atoms with Crippen molar-refractivity contribution in [1.29, 1.82) is 0 Å². The van der Waals surface area contributed by atoms with Crippen molar-refractivity contribution in [1.82, 2.24) is 4.90 Å². The first-order chi connectivity index (χ1) is 9.92. The molecule has 0 aromatic heterocycles. The van der Waals surface area contributed by atoms with Gasteiger partial charge in [-0.25, -0.2) is 0 Å². The molecular formula is C17H27NO3. The number of ether oxygens (including phenoxy) is 1. The lowest BCUT2D eigenvalue weighted by atomic mass is 9.91. The first-order valence-corrected chi connectivity index (χ1v) is 7.35. The van der Waals surface area contributed by atoms with Crippen molar-refractivity contribution in [3.63, 3.8) is 0 Å². The Morgan fingerprint density at radius 1 is 1.24 bits per heavy atom.